The van der Waals surface area contributed by atoms with Crippen LogP contribution in [0.5, 0.6) is 0 Å². The fourth-order valence-electron chi connectivity index (χ4n) is 5.98. The molecule has 3 aromatic rings. The summed E-state index contributed by atoms with van der Waals surface area (Å²) in [5.41, 5.74) is 3.15. The molecule has 1 atom stereocenters. The van der Waals surface area contributed by atoms with Gasteiger partial charge in [0.05, 0.1) is 4.90 Å². The molecule has 0 aromatic heterocycles. The van der Waals surface area contributed by atoms with Gasteiger partial charge in [-0.1, -0.05) is 66.2 Å². The minimum atomic E-state index is -3.59. The van der Waals surface area contributed by atoms with Crippen molar-refractivity contribution in [2.75, 3.05) is 33.2 Å². The van der Waals surface area contributed by atoms with Gasteiger partial charge in [-0.3, -0.25) is 4.79 Å². The lowest BCUT2D eigenvalue weighted by molar-refractivity contribution is 0.0933. The standard InChI is InChI=1S/C30H33ClN2O3S/c1-32(37(35,36)26-10-3-2-4-11-26)22-24(23-8-7-9-25(31)20-23)14-17-33-18-15-30(16-19-33)21-29(34)27-12-5-6-13-28(27)30/h2-13,20,24H,14-19,21-22H2,1H3/t24-/m1/s1. The third-order valence-corrected chi connectivity index (χ3v) is 10.2. The van der Waals surface area contributed by atoms with Crippen molar-refractivity contribution in [3.8, 4) is 0 Å². The van der Waals surface area contributed by atoms with Gasteiger partial charge in [0.15, 0.2) is 5.78 Å². The van der Waals surface area contributed by atoms with Gasteiger partial charge < -0.3 is 4.90 Å². The van der Waals surface area contributed by atoms with Crippen LogP contribution in [0.25, 0.3) is 0 Å². The van der Waals surface area contributed by atoms with Crippen LogP contribution >= 0.6 is 11.6 Å². The molecule has 0 amide bonds. The van der Waals surface area contributed by atoms with Gasteiger partial charge >= 0.3 is 0 Å². The molecule has 0 N–H and O–H groups in total. The number of hydrogen-bond donors (Lipinski definition) is 0. The second-order valence-corrected chi connectivity index (χ2v) is 12.9. The molecule has 1 aliphatic carbocycles. The molecule has 1 aliphatic heterocycles. The highest BCUT2D eigenvalue weighted by Gasteiger charge is 2.44. The molecule has 0 unspecified atom stereocenters. The maximum Gasteiger partial charge on any atom is 0.242 e. The highest BCUT2D eigenvalue weighted by Crippen LogP contribution is 2.46. The van der Waals surface area contributed by atoms with Crippen LogP contribution in [0.1, 0.15) is 53.1 Å². The first-order chi connectivity index (χ1) is 17.8. The third-order valence-electron chi connectivity index (χ3n) is 8.15. The molecule has 1 saturated heterocycles. The van der Waals surface area contributed by atoms with Crippen LogP contribution < -0.4 is 0 Å². The van der Waals surface area contributed by atoms with Gasteiger partial charge in [-0.25, -0.2) is 12.7 Å². The largest absolute Gasteiger partial charge is 0.303 e. The lowest BCUT2D eigenvalue weighted by Crippen LogP contribution is -2.42. The van der Waals surface area contributed by atoms with Crippen LogP contribution in [-0.2, 0) is 15.4 Å². The van der Waals surface area contributed by atoms with E-state index in [1.165, 1.54) is 9.87 Å². The quantitative estimate of drug-likeness (QED) is 0.367. The summed E-state index contributed by atoms with van der Waals surface area (Å²) in [6.45, 7) is 3.10. The summed E-state index contributed by atoms with van der Waals surface area (Å²) in [7, 11) is -1.94. The van der Waals surface area contributed by atoms with Crippen LogP contribution in [0.3, 0.4) is 0 Å². The smallest absolute Gasteiger partial charge is 0.242 e. The van der Waals surface area contributed by atoms with Crippen molar-refractivity contribution in [2.24, 2.45) is 0 Å². The summed E-state index contributed by atoms with van der Waals surface area (Å²) in [5.74, 6) is 0.277. The van der Waals surface area contributed by atoms with Crippen LogP contribution in [0.2, 0.25) is 5.02 Å². The van der Waals surface area contributed by atoms with Crippen molar-refractivity contribution < 1.29 is 13.2 Å². The number of hydrogen-bond acceptors (Lipinski definition) is 4. The van der Waals surface area contributed by atoms with E-state index in [0.29, 0.717) is 22.9 Å². The SMILES string of the molecule is CN(C[C@@H](CCN1CCC2(CC1)CC(=O)c1ccccc12)c1cccc(Cl)c1)S(=O)(=O)c1ccccc1. The summed E-state index contributed by atoms with van der Waals surface area (Å²) in [6.07, 6.45) is 3.38. The average molecular weight is 537 g/mol. The van der Waals surface area contributed by atoms with E-state index in [2.05, 4.69) is 11.0 Å². The Hall–Kier alpha value is -2.51. The molecule has 5 rings (SSSR count). The Morgan fingerprint density at radius 1 is 0.973 bits per heavy atom. The summed E-state index contributed by atoms with van der Waals surface area (Å²) < 4.78 is 27.9. The highest BCUT2D eigenvalue weighted by molar-refractivity contribution is 7.89. The van der Waals surface area contributed by atoms with Crippen LogP contribution in [0.15, 0.2) is 83.8 Å². The van der Waals surface area contributed by atoms with Crippen LogP contribution in [-0.4, -0.2) is 56.6 Å². The van der Waals surface area contributed by atoms with Crippen LogP contribution in [0, 0.1) is 0 Å². The van der Waals surface area contributed by atoms with Gasteiger partial charge in [0, 0.05) is 36.0 Å². The number of nitrogens with zero attached hydrogens (tertiary/aromatic N) is 2. The Labute approximate surface area is 225 Å². The number of Topliss-reactive ketones (excluding diaryl/α,β-unsaturated/α-hetero) is 1. The minimum absolute atomic E-state index is 0.00635. The molecule has 0 bridgehead atoms. The predicted octanol–water partition coefficient (Wildman–Crippen LogP) is 5.75. The number of piperidine rings is 1. The van der Waals surface area contributed by atoms with E-state index in [1.807, 2.05) is 48.5 Å². The van der Waals surface area contributed by atoms with Crippen molar-refractivity contribution in [1.29, 1.82) is 0 Å². The zero-order valence-electron chi connectivity index (χ0n) is 21.1. The second-order valence-electron chi connectivity index (χ2n) is 10.4. The maximum atomic E-state index is 13.2. The molecule has 3 aromatic carbocycles. The zero-order valence-corrected chi connectivity index (χ0v) is 22.7. The summed E-state index contributed by atoms with van der Waals surface area (Å²) in [6, 6.07) is 24.4. The van der Waals surface area contributed by atoms with E-state index in [-0.39, 0.29) is 17.1 Å². The number of likely N-dealkylation sites (N-methyl/N-ethyl adjacent to an activating group) is 1. The van der Waals surface area contributed by atoms with Gasteiger partial charge in [0.1, 0.15) is 0 Å². The highest BCUT2D eigenvalue weighted by atomic mass is 35.5. The zero-order chi connectivity index (χ0) is 26.0. The molecule has 2 aliphatic rings. The molecule has 0 saturated carbocycles. The van der Waals surface area contributed by atoms with E-state index >= 15 is 0 Å². The minimum Gasteiger partial charge on any atom is -0.303 e. The first-order valence-corrected chi connectivity index (χ1v) is 14.7. The molecular weight excluding hydrogens is 504 g/mol. The third kappa shape index (κ3) is 5.39. The van der Waals surface area contributed by atoms with Crippen molar-refractivity contribution in [3.63, 3.8) is 0 Å². The molecular formula is C30H33ClN2O3S. The Bertz CT molecular complexity index is 1370. The Balaban J connectivity index is 1.27. The van der Waals surface area contributed by atoms with Gasteiger partial charge in [-0.05, 0) is 80.2 Å². The Morgan fingerprint density at radius 2 is 1.68 bits per heavy atom. The van der Waals surface area contributed by atoms with E-state index in [0.717, 1.165) is 50.0 Å². The van der Waals surface area contributed by atoms with Gasteiger partial charge in [-0.2, -0.15) is 0 Å². The molecule has 5 nitrogen and oxygen atoms in total. The van der Waals surface area contributed by atoms with E-state index in [9.17, 15) is 13.2 Å². The number of benzene rings is 3. The Kier molecular flexibility index (Phi) is 7.55. The van der Waals surface area contributed by atoms with Crippen molar-refractivity contribution >= 4 is 27.4 Å². The molecule has 194 valence electrons. The lowest BCUT2D eigenvalue weighted by atomic mass is 9.73. The fourth-order valence-corrected chi connectivity index (χ4v) is 7.42. The summed E-state index contributed by atoms with van der Waals surface area (Å²) in [5, 5.41) is 0.653. The molecule has 7 heteroatoms. The molecule has 0 radical (unpaired) electrons. The van der Waals surface area contributed by atoms with Gasteiger partial charge in [0.2, 0.25) is 10.0 Å². The lowest BCUT2D eigenvalue weighted by Gasteiger charge is -2.40. The fraction of sp³-hybridized carbons (Fsp3) is 0.367. The maximum absolute atomic E-state index is 13.2. The van der Waals surface area contributed by atoms with E-state index < -0.39 is 10.0 Å². The molecule has 37 heavy (non-hydrogen) atoms. The van der Waals surface area contributed by atoms with Crippen molar-refractivity contribution in [3.05, 3.63) is 101 Å². The number of likely N-dealkylation sites (tertiary alicyclic amines) is 1. The molecule has 1 spiro atoms. The van der Waals surface area contributed by atoms with Crippen LogP contribution in [0.4, 0.5) is 0 Å². The monoisotopic (exact) mass is 536 g/mol. The van der Waals surface area contributed by atoms with Crippen molar-refractivity contribution in [2.45, 2.75) is 41.9 Å². The number of carbonyl (C=O) groups excluding carboxylic acids is 1. The van der Waals surface area contributed by atoms with Gasteiger partial charge in [0.25, 0.3) is 0 Å². The van der Waals surface area contributed by atoms with E-state index in [4.69, 9.17) is 11.6 Å². The summed E-state index contributed by atoms with van der Waals surface area (Å²) >= 11 is 6.31. The molecule has 1 heterocycles. The number of halogens is 1. The number of carbonyl (C=O) groups is 1. The first-order valence-electron chi connectivity index (χ1n) is 12.9. The van der Waals surface area contributed by atoms with Gasteiger partial charge in [-0.15, -0.1) is 0 Å². The topological polar surface area (TPSA) is 57.7 Å². The number of rotatable bonds is 8. The second kappa shape index (κ2) is 10.7. The number of ketones is 1. The number of fused-ring (bicyclic) bond motifs is 2. The average Bonchev–Trinajstić information content (AvgIpc) is 3.19. The number of sulfonamides is 1. The molecule has 1 fully saturated rings. The van der Waals surface area contributed by atoms with Crippen molar-refractivity contribution in [1.82, 2.24) is 9.21 Å². The summed E-state index contributed by atoms with van der Waals surface area (Å²) in [4.78, 5) is 15.4. The predicted molar refractivity (Wildman–Crippen MR) is 148 cm³/mol. The normalized spacial score (nSPS) is 18.3. The first kappa shape index (κ1) is 26.1. The Morgan fingerprint density at radius 3 is 2.41 bits per heavy atom. The van der Waals surface area contributed by atoms with E-state index in [1.54, 1.807) is 31.3 Å².